The highest BCUT2D eigenvalue weighted by atomic mass is 16.4. The summed E-state index contributed by atoms with van der Waals surface area (Å²) in [6.07, 6.45) is 4.67. The summed E-state index contributed by atoms with van der Waals surface area (Å²) < 4.78 is 0. The second-order valence-electron chi connectivity index (χ2n) is 6.16. The number of nitrogens with one attached hydrogen (secondary N) is 2. The highest BCUT2D eigenvalue weighted by Crippen LogP contribution is 2.19. The molecule has 2 fully saturated rings. The van der Waals surface area contributed by atoms with Gasteiger partial charge in [0.1, 0.15) is 6.04 Å². The quantitative estimate of drug-likeness (QED) is 0.662. The minimum Gasteiger partial charge on any atom is -0.480 e. The molecular weight excluding hydrogens is 270 g/mol. The highest BCUT2D eigenvalue weighted by Gasteiger charge is 2.29. The van der Waals surface area contributed by atoms with Crippen LogP contribution >= 0.6 is 0 Å². The van der Waals surface area contributed by atoms with Crippen molar-refractivity contribution in [2.24, 2.45) is 5.92 Å². The van der Waals surface area contributed by atoms with Crippen LogP contribution in [0.25, 0.3) is 0 Å². The topological polar surface area (TPSA) is 81.7 Å². The molecule has 0 bridgehead atoms. The van der Waals surface area contributed by atoms with Crippen molar-refractivity contribution in [1.82, 2.24) is 15.5 Å². The fourth-order valence-electron chi connectivity index (χ4n) is 3.41. The highest BCUT2D eigenvalue weighted by molar-refractivity contribution is 5.82. The Morgan fingerprint density at radius 1 is 1.38 bits per heavy atom. The van der Waals surface area contributed by atoms with E-state index >= 15 is 0 Å². The Bertz CT molecular complexity index is 369. The molecule has 2 aliphatic heterocycles. The van der Waals surface area contributed by atoms with Gasteiger partial charge < -0.3 is 15.7 Å². The van der Waals surface area contributed by atoms with Crippen molar-refractivity contribution in [2.75, 3.05) is 26.2 Å². The number of carbonyl (C=O) groups is 2. The van der Waals surface area contributed by atoms with E-state index in [-0.39, 0.29) is 18.0 Å². The van der Waals surface area contributed by atoms with Crippen LogP contribution in [-0.4, -0.2) is 60.1 Å². The molecule has 120 valence electrons. The maximum atomic E-state index is 12.0. The SMILES string of the molecule is CCC(C(=O)O)N1CCCC(CNC(=O)C2CCCN2)C1. The second-order valence-corrected chi connectivity index (χ2v) is 6.16. The zero-order valence-electron chi connectivity index (χ0n) is 12.8. The summed E-state index contributed by atoms with van der Waals surface area (Å²) in [6, 6.07) is -0.424. The van der Waals surface area contributed by atoms with Crippen LogP contribution in [0.3, 0.4) is 0 Å². The number of amides is 1. The van der Waals surface area contributed by atoms with Gasteiger partial charge in [-0.2, -0.15) is 0 Å². The van der Waals surface area contributed by atoms with E-state index in [0.717, 1.165) is 45.3 Å². The summed E-state index contributed by atoms with van der Waals surface area (Å²) in [5.41, 5.74) is 0. The lowest BCUT2D eigenvalue weighted by Crippen LogP contribution is -2.49. The molecule has 2 heterocycles. The molecule has 0 saturated carbocycles. The molecule has 3 unspecified atom stereocenters. The van der Waals surface area contributed by atoms with E-state index < -0.39 is 5.97 Å². The van der Waals surface area contributed by atoms with Crippen molar-refractivity contribution in [3.8, 4) is 0 Å². The first-order valence-electron chi connectivity index (χ1n) is 8.09. The minimum atomic E-state index is -0.739. The number of likely N-dealkylation sites (tertiary alicyclic amines) is 1. The lowest BCUT2D eigenvalue weighted by molar-refractivity contribution is -0.144. The maximum absolute atomic E-state index is 12.0. The van der Waals surface area contributed by atoms with Crippen LogP contribution in [0.2, 0.25) is 0 Å². The van der Waals surface area contributed by atoms with E-state index in [4.69, 9.17) is 0 Å². The van der Waals surface area contributed by atoms with Crippen LogP contribution in [0.5, 0.6) is 0 Å². The van der Waals surface area contributed by atoms with Crippen molar-refractivity contribution in [3.63, 3.8) is 0 Å². The summed E-state index contributed by atoms with van der Waals surface area (Å²) in [5, 5.41) is 15.5. The standard InChI is InChI=1S/C15H27N3O3/c1-2-13(15(20)21)18-8-4-5-11(10-18)9-17-14(19)12-6-3-7-16-12/h11-13,16H,2-10H2,1H3,(H,17,19)(H,20,21). The summed E-state index contributed by atoms with van der Waals surface area (Å²) in [4.78, 5) is 25.3. The first-order chi connectivity index (χ1) is 10.1. The number of aliphatic carboxylic acids is 1. The number of carboxylic acids is 1. The Hall–Kier alpha value is -1.14. The van der Waals surface area contributed by atoms with Crippen molar-refractivity contribution >= 4 is 11.9 Å². The maximum Gasteiger partial charge on any atom is 0.320 e. The van der Waals surface area contributed by atoms with Gasteiger partial charge >= 0.3 is 5.97 Å². The number of carboxylic acid groups (broad SMARTS) is 1. The number of nitrogens with zero attached hydrogens (tertiary/aromatic N) is 1. The Morgan fingerprint density at radius 3 is 2.81 bits per heavy atom. The largest absolute Gasteiger partial charge is 0.480 e. The van der Waals surface area contributed by atoms with Crippen LogP contribution in [-0.2, 0) is 9.59 Å². The Labute approximate surface area is 126 Å². The molecule has 0 radical (unpaired) electrons. The fourth-order valence-corrected chi connectivity index (χ4v) is 3.41. The lowest BCUT2D eigenvalue weighted by Gasteiger charge is -2.36. The van der Waals surface area contributed by atoms with E-state index in [1.54, 1.807) is 0 Å². The molecule has 6 heteroatoms. The van der Waals surface area contributed by atoms with Gasteiger partial charge in [-0.05, 0) is 51.1 Å². The molecule has 1 amide bonds. The molecule has 21 heavy (non-hydrogen) atoms. The number of hydrogen-bond acceptors (Lipinski definition) is 4. The van der Waals surface area contributed by atoms with Crippen LogP contribution in [0, 0.1) is 5.92 Å². The van der Waals surface area contributed by atoms with Crippen LogP contribution in [0.1, 0.15) is 39.0 Å². The van der Waals surface area contributed by atoms with Crippen LogP contribution in [0.15, 0.2) is 0 Å². The van der Waals surface area contributed by atoms with Gasteiger partial charge in [-0.3, -0.25) is 14.5 Å². The van der Waals surface area contributed by atoms with Crippen molar-refractivity contribution in [2.45, 2.75) is 51.1 Å². The third-order valence-electron chi connectivity index (χ3n) is 4.60. The summed E-state index contributed by atoms with van der Waals surface area (Å²) in [6.45, 7) is 5.11. The number of piperidine rings is 1. The third-order valence-corrected chi connectivity index (χ3v) is 4.60. The molecule has 2 rings (SSSR count). The third kappa shape index (κ3) is 4.41. The molecule has 6 nitrogen and oxygen atoms in total. The average molecular weight is 297 g/mol. The average Bonchev–Trinajstić information content (AvgIpc) is 3.00. The van der Waals surface area contributed by atoms with Crippen molar-refractivity contribution < 1.29 is 14.7 Å². The molecule has 3 N–H and O–H groups in total. The van der Waals surface area contributed by atoms with E-state index in [2.05, 4.69) is 15.5 Å². The normalized spacial score (nSPS) is 28.2. The summed E-state index contributed by atoms with van der Waals surface area (Å²) in [5.74, 6) is -0.287. The molecule has 0 aliphatic carbocycles. The molecule has 2 saturated heterocycles. The lowest BCUT2D eigenvalue weighted by atomic mass is 9.96. The Kier molecular flexibility index (Phi) is 5.99. The molecule has 3 atom stereocenters. The zero-order valence-corrected chi connectivity index (χ0v) is 12.8. The first kappa shape index (κ1) is 16.2. The van der Waals surface area contributed by atoms with Gasteiger partial charge in [-0.25, -0.2) is 0 Å². The van der Waals surface area contributed by atoms with E-state index in [1.807, 2.05) is 6.92 Å². The predicted octanol–water partition coefficient (Wildman–Crippen LogP) is 0.430. The smallest absolute Gasteiger partial charge is 0.320 e. The molecule has 0 spiro atoms. The molecule has 0 aromatic carbocycles. The van der Waals surface area contributed by atoms with Gasteiger partial charge in [0.05, 0.1) is 6.04 Å². The van der Waals surface area contributed by atoms with E-state index in [9.17, 15) is 14.7 Å². The Balaban J connectivity index is 1.78. The number of carbonyl (C=O) groups excluding carboxylic acids is 1. The summed E-state index contributed by atoms with van der Waals surface area (Å²) in [7, 11) is 0. The van der Waals surface area contributed by atoms with Gasteiger partial charge in [0.25, 0.3) is 0 Å². The van der Waals surface area contributed by atoms with Crippen molar-refractivity contribution in [1.29, 1.82) is 0 Å². The number of hydrogen-bond donors (Lipinski definition) is 3. The van der Waals surface area contributed by atoms with Gasteiger partial charge in [0, 0.05) is 13.1 Å². The van der Waals surface area contributed by atoms with Gasteiger partial charge in [0.2, 0.25) is 5.91 Å². The van der Waals surface area contributed by atoms with E-state index in [0.29, 0.717) is 18.9 Å². The van der Waals surface area contributed by atoms with Gasteiger partial charge in [-0.1, -0.05) is 6.92 Å². The first-order valence-corrected chi connectivity index (χ1v) is 8.09. The fraction of sp³-hybridized carbons (Fsp3) is 0.867. The minimum absolute atomic E-state index is 0.0351. The van der Waals surface area contributed by atoms with Crippen molar-refractivity contribution in [3.05, 3.63) is 0 Å². The molecule has 0 aromatic heterocycles. The molecule has 0 aromatic rings. The Morgan fingerprint density at radius 2 is 2.19 bits per heavy atom. The van der Waals surface area contributed by atoms with E-state index in [1.165, 1.54) is 0 Å². The van der Waals surface area contributed by atoms with Crippen LogP contribution in [0.4, 0.5) is 0 Å². The van der Waals surface area contributed by atoms with Gasteiger partial charge in [-0.15, -0.1) is 0 Å². The van der Waals surface area contributed by atoms with Crippen LogP contribution < -0.4 is 10.6 Å². The monoisotopic (exact) mass is 297 g/mol. The molecule has 2 aliphatic rings. The number of rotatable bonds is 6. The predicted molar refractivity (Wildman–Crippen MR) is 80.0 cm³/mol. The zero-order chi connectivity index (χ0) is 15.2. The second kappa shape index (κ2) is 7.75. The van der Waals surface area contributed by atoms with Gasteiger partial charge in [0.15, 0.2) is 0 Å². The summed E-state index contributed by atoms with van der Waals surface area (Å²) >= 11 is 0. The molecular formula is C15H27N3O3.